The number of rotatable bonds is 6. The summed E-state index contributed by atoms with van der Waals surface area (Å²) in [5, 5.41) is 9.80. The van der Waals surface area contributed by atoms with Gasteiger partial charge in [0.15, 0.2) is 11.0 Å². The van der Waals surface area contributed by atoms with Gasteiger partial charge >= 0.3 is 0 Å². The van der Waals surface area contributed by atoms with E-state index in [1.54, 1.807) is 0 Å². The first-order chi connectivity index (χ1) is 14.2. The molecule has 0 unspecified atom stereocenters. The maximum atomic E-state index is 12.8. The van der Waals surface area contributed by atoms with Crippen molar-refractivity contribution in [3.8, 4) is 5.69 Å². The molecule has 2 saturated heterocycles. The van der Waals surface area contributed by atoms with Gasteiger partial charge in [-0.05, 0) is 64.3 Å². The number of piperidine rings is 2. The number of carbonyl (C=O) groups is 1. The van der Waals surface area contributed by atoms with Crippen molar-refractivity contribution in [2.24, 2.45) is 0 Å². The van der Waals surface area contributed by atoms with Crippen LogP contribution in [0.4, 0.5) is 0 Å². The van der Waals surface area contributed by atoms with Gasteiger partial charge in [-0.2, -0.15) is 0 Å². The van der Waals surface area contributed by atoms with Crippen LogP contribution in [0.25, 0.3) is 5.69 Å². The number of para-hydroxylation sites is 1. The van der Waals surface area contributed by atoms with E-state index in [4.69, 9.17) is 0 Å². The van der Waals surface area contributed by atoms with Gasteiger partial charge in [-0.3, -0.25) is 14.3 Å². The van der Waals surface area contributed by atoms with Crippen molar-refractivity contribution in [2.45, 2.75) is 63.2 Å². The third-order valence-corrected chi connectivity index (χ3v) is 6.89. The predicted octanol–water partition coefficient (Wildman–Crippen LogP) is 3.75. The molecule has 0 spiro atoms. The lowest BCUT2D eigenvalue weighted by atomic mass is 10.0. The second-order valence-corrected chi connectivity index (χ2v) is 9.07. The minimum Gasteiger partial charge on any atom is -0.339 e. The molecule has 29 heavy (non-hydrogen) atoms. The number of hydrogen-bond acceptors (Lipinski definition) is 5. The van der Waals surface area contributed by atoms with Crippen LogP contribution in [0.1, 0.15) is 51.3 Å². The summed E-state index contributed by atoms with van der Waals surface area (Å²) in [5.74, 6) is 1.58. The second-order valence-electron chi connectivity index (χ2n) is 8.13. The van der Waals surface area contributed by atoms with Gasteiger partial charge in [0.25, 0.3) is 0 Å². The Morgan fingerprint density at radius 3 is 2.55 bits per heavy atom. The zero-order valence-electron chi connectivity index (χ0n) is 17.3. The van der Waals surface area contributed by atoms with Crippen molar-refractivity contribution in [1.82, 2.24) is 24.6 Å². The molecule has 2 aromatic rings. The summed E-state index contributed by atoms with van der Waals surface area (Å²) in [5.41, 5.74) is 1.06. The molecule has 2 fully saturated rings. The van der Waals surface area contributed by atoms with Gasteiger partial charge in [-0.15, -0.1) is 10.2 Å². The van der Waals surface area contributed by atoms with Crippen molar-refractivity contribution < 1.29 is 4.79 Å². The lowest BCUT2D eigenvalue weighted by molar-refractivity contribution is -0.131. The largest absolute Gasteiger partial charge is 0.339 e. The maximum absolute atomic E-state index is 12.8. The zero-order valence-corrected chi connectivity index (χ0v) is 18.1. The highest BCUT2D eigenvalue weighted by atomic mass is 32.2. The molecule has 1 amide bonds. The molecule has 0 N–H and O–H groups in total. The molecule has 0 aliphatic carbocycles. The molecule has 156 valence electrons. The average molecular weight is 414 g/mol. The molecule has 1 aromatic carbocycles. The molecule has 3 heterocycles. The van der Waals surface area contributed by atoms with Crippen molar-refractivity contribution in [3.05, 3.63) is 36.2 Å². The number of nitrogens with zero attached hydrogens (tertiary/aromatic N) is 5. The second kappa shape index (κ2) is 9.76. The number of hydrogen-bond donors (Lipinski definition) is 0. The highest BCUT2D eigenvalue weighted by molar-refractivity contribution is 7.99. The predicted molar refractivity (Wildman–Crippen MR) is 116 cm³/mol. The highest BCUT2D eigenvalue weighted by Crippen LogP contribution is 2.25. The number of amides is 1. The van der Waals surface area contributed by atoms with Gasteiger partial charge < -0.3 is 4.90 Å². The summed E-state index contributed by atoms with van der Waals surface area (Å²) in [7, 11) is 0. The fourth-order valence-electron chi connectivity index (χ4n) is 4.33. The van der Waals surface area contributed by atoms with E-state index in [9.17, 15) is 4.79 Å². The fourth-order valence-corrected chi connectivity index (χ4v) is 5.18. The minimum absolute atomic E-state index is 0.211. The van der Waals surface area contributed by atoms with Gasteiger partial charge in [0.05, 0.1) is 12.3 Å². The van der Waals surface area contributed by atoms with E-state index < -0.39 is 0 Å². The normalized spacial score (nSPS) is 20.7. The van der Waals surface area contributed by atoms with Crippen LogP contribution in [-0.4, -0.2) is 61.9 Å². The number of benzene rings is 1. The summed E-state index contributed by atoms with van der Waals surface area (Å²) in [6.45, 7) is 6.08. The first kappa shape index (κ1) is 20.4. The highest BCUT2D eigenvalue weighted by Gasteiger charge is 2.24. The first-order valence-corrected chi connectivity index (χ1v) is 11.9. The molecule has 1 atom stereocenters. The van der Waals surface area contributed by atoms with Gasteiger partial charge in [-0.1, -0.05) is 36.4 Å². The number of likely N-dealkylation sites (tertiary alicyclic amines) is 2. The molecule has 0 bridgehead atoms. The molecule has 6 nitrogen and oxygen atoms in total. The molecule has 2 aliphatic rings. The molecular formula is C22H31N5OS. The third-order valence-electron chi connectivity index (χ3n) is 5.98. The van der Waals surface area contributed by atoms with E-state index in [0.29, 0.717) is 11.8 Å². The van der Waals surface area contributed by atoms with Crippen molar-refractivity contribution >= 4 is 17.7 Å². The monoisotopic (exact) mass is 413 g/mol. The minimum atomic E-state index is 0.211. The topological polar surface area (TPSA) is 54.3 Å². The summed E-state index contributed by atoms with van der Waals surface area (Å²) < 4.78 is 2.13. The smallest absolute Gasteiger partial charge is 0.233 e. The third kappa shape index (κ3) is 5.01. The van der Waals surface area contributed by atoms with Crippen LogP contribution in [0.15, 0.2) is 35.5 Å². The number of aromatic nitrogens is 3. The summed E-state index contributed by atoms with van der Waals surface area (Å²) in [6.07, 6.45) is 7.27. The zero-order chi connectivity index (χ0) is 20.1. The Hall–Kier alpha value is -1.86. The Bertz CT molecular complexity index is 803. The van der Waals surface area contributed by atoms with E-state index in [1.165, 1.54) is 37.4 Å². The van der Waals surface area contributed by atoms with Crippen molar-refractivity contribution in [3.63, 3.8) is 0 Å². The van der Waals surface area contributed by atoms with E-state index >= 15 is 0 Å². The van der Waals surface area contributed by atoms with Crippen LogP contribution in [0.5, 0.6) is 0 Å². The molecule has 2 aliphatic heterocycles. The number of carbonyl (C=O) groups excluding carboxylic acids is 1. The molecule has 0 saturated carbocycles. The van der Waals surface area contributed by atoms with Crippen molar-refractivity contribution in [1.29, 1.82) is 0 Å². The molecular weight excluding hydrogens is 382 g/mol. The maximum Gasteiger partial charge on any atom is 0.233 e. The molecule has 4 rings (SSSR count). The van der Waals surface area contributed by atoms with Crippen LogP contribution >= 0.6 is 11.8 Å². The van der Waals surface area contributed by atoms with Crippen LogP contribution in [-0.2, 0) is 11.3 Å². The fraction of sp³-hybridized carbons (Fsp3) is 0.591. The Labute approximate surface area is 177 Å². The van der Waals surface area contributed by atoms with Gasteiger partial charge in [-0.25, -0.2) is 0 Å². The summed E-state index contributed by atoms with van der Waals surface area (Å²) >= 11 is 1.51. The average Bonchev–Trinajstić information content (AvgIpc) is 3.16. The first-order valence-electron chi connectivity index (χ1n) is 10.9. The Morgan fingerprint density at radius 2 is 1.79 bits per heavy atom. The van der Waals surface area contributed by atoms with Gasteiger partial charge in [0.2, 0.25) is 5.91 Å². The van der Waals surface area contributed by atoms with E-state index in [2.05, 4.69) is 38.7 Å². The lowest BCUT2D eigenvalue weighted by Crippen LogP contribution is -2.43. The molecule has 7 heteroatoms. The van der Waals surface area contributed by atoms with Crippen LogP contribution < -0.4 is 0 Å². The number of thioether (sulfide) groups is 1. The van der Waals surface area contributed by atoms with Gasteiger partial charge in [0.1, 0.15) is 0 Å². The SMILES string of the molecule is C[C@@H]1CCCCN1C(=O)CSc1nnc(CN2CCCCC2)n1-c1ccccc1. The quantitative estimate of drug-likeness (QED) is 0.675. The Balaban J connectivity index is 1.50. The van der Waals surface area contributed by atoms with Crippen LogP contribution in [0, 0.1) is 0 Å². The van der Waals surface area contributed by atoms with E-state index in [0.717, 1.165) is 55.7 Å². The summed E-state index contributed by atoms with van der Waals surface area (Å²) in [6, 6.07) is 10.6. The molecule has 1 aromatic heterocycles. The molecule has 0 radical (unpaired) electrons. The lowest BCUT2D eigenvalue weighted by Gasteiger charge is -2.33. The van der Waals surface area contributed by atoms with E-state index in [1.807, 2.05) is 23.1 Å². The van der Waals surface area contributed by atoms with E-state index in [-0.39, 0.29) is 5.91 Å². The van der Waals surface area contributed by atoms with Gasteiger partial charge in [0, 0.05) is 18.3 Å². The Morgan fingerprint density at radius 1 is 1.03 bits per heavy atom. The van der Waals surface area contributed by atoms with Crippen LogP contribution in [0.2, 0.25) is 0 Å². The van der Waals surface area contributed by atoms with Crippen LogP contribution in [0.3, 0.4) is 0 Å². The standard InChI is InChI=1S/C22H31N5OS/c1-18-10-6-9-15-26(18)21(28)17-29-22-24-23-20(16-25-13-7-3-8-14-25)27(22)19-11-4-2-5-12-19/h2,4-5,11-12,18H,3,6-10,13-17H2,1H3/t18-/m1/s1. The van der Waals surface area contributed by atoms with Crippen molar-refractivity contribution in [2.75, 3.05) is 25.4 Å². The Kier molecular flexibility index (Phi) is 6.87. The summed E-state index contributed by atoms with van der Waals surface area (Å²) in [4.78, 5) is 17.3.